The topological polar surface area (TPSA) is 76.7 Å². The second kappa shape index (κ2) is 8.23. The number of rotatable bonds is 7. The maximum atomic E-state index is 11.7. The molecule has 0 radical (unpaired) electrons. The van der Waals surface area contributed by atoms with Crippen LogP contribution >= 0.6 is 0 Å². The number of carbonyl (C=O) groups is 2. The van der Waals surface area contributed by atoms with E-state index >= 15 is 0 Å². The Kier molecular flexibility index (Phi) is 6.56. The van der Waals surface area contributed by atoms with Crippen molar-refractivity contribution in [1.29, 1.82) is 0 Å². The van der Waals surface area contributed by atoms with Crippen LogP contribution in [0, 0.1) is 0 Å². The number of nitrogens with one attached hydrogen (secondary N) is 2. The molecule has 0 aliphatic carbocycles. The molecule has 0 heterocycles. The molecule has 0 bridgehead atoms. The molecule has 0 saturated heterocycles. The van der Waals surface area contributed by atoms with Crippen LogP contribution in [-0.4, -0.2) is 45.4 Å². The molecule has 0 aromatic heterocycles. The summed E-state index contributed by atoms with van der Waals surface area (Å²) in [6.07, 6.45) is -0.492. The van der Waals surface area contributed by atoms with Crippen LogP contribution in [0.2, 0.25) is 0 Å². The molecule has 0 aliphatic rings. The lowest BCUT2D eigenvalue weighted by Crippen LogP contribution is -2.40. The largest absolute Gasteiger partial charge is 0.354 e. The molecule has 19 heavy (non-hydrogen) atoms. The van der Waals surface area contributed by atoms with Gasteiger partial charge < -0.3 is 20.1 Å². The lowest BCUT2D eigenvalue weighted by Gasteiger charge is -2.14. The Balaban J connectivity index is 2.29. The van der Waals surface area contributed by atoms with E-state index in [1.807, 2.05) is 6.07 Å². The Morgan fingerprint density at radius 2 is 1.74 bits per heavy atom. The molecular weight excluding hydrogens is 248 g/mol. The van der Waals surface area contributed by atoms with Crippen molar-refractivity contribution in [3.63, 3.8) is 0 Å². The number of carbonyl (C=O) groups excluding carboxylic acids is 2. The highest BCUT2D eigenvalue weighted by molar-refractivity contribution is 5.96. The van der Waals surface area contributed by atoms with Gasteiger partial charge in [0.15, 0.2) is 6.29 Å². The summed E-state index contributed by atoms with van der Waals surface area (Å²) in [5.74, 6) is -0.589. The van der Waals surface area contributed by atoms with Gasteiger partial charge in [-0.05, 0) is 12.1 Å². The van der Waals surface area contributed by atoms with Crippen molar-refractivity contribution in [2.45, 2.75) is 6.29 Å². The molecule has 0 unspecified atom stereocenters. The third kappa shape index (κ3) is 5.50. The fraction of sp³-hybridized carbons (Fsp3) is 0.385. The average Bonchev–Trinajstić information content (AvgIpc) is 2.46. The summed E-state index contributed by atoms with van der Waals surface area (Å²) < 4.78 is 9.84. The predicted molar refractivity (Wildman–Crippen MR) is 69.6 cm³/mol. The van der Waals surface area contributed by atoms with Gasteiger partial charge in [0.05, 0.1) is 13.1 Å². The van der Waals surface area contributed by atoms with Crippen molar-refractivity contribution in [3.05, 3.63) is 35.9 Å². The molecule has 0 saturated carbocycles. The standard InChI is InChI=1S/C13H18N2O4/c1-18-12(19-2)9-14-11(16)8-15-13(17)10-6-4-3-5-7-10/h3-7,12H,8-9H2,1-2H3,(H,14,16)(H,15,17). The van der Waals surface area contributed by atoms with E-state index in [1.165, 1.54) is 14.2 Å². The molecule has 0 aliphatic heterocycles. The first-order chi connectivity index (χ1) is 9.17. The van der Waals surface area contributed by atoms with Crippen LogP contribution < -0.4 is 10.6 Å². The highest BCUT2D eigenvalue weighted by Gasteiger charge is 2.09. The Morgan fingerprint density at radius 1 is 1.11 bits per heavy atom. The van der Waals surface area contributed by atoms with Crippen LogP contribution in [0.3, 0.4) is 0 Å². The summed E-state index contributed by atoms with van der Waals surface area (Å²) in [4.78, 5) is 23.1. The van der Waals surface area contributed by atoms with E-state index in [1.54, 1.807) is 24.3 Å². The molecular formula is C13H18N2O4. The lowest BCUT2D eigenvalue weighted by atomic mass is 10.2. The van der Waals surface area contributed by atoms with Crippen LogP contribution in [0.5, 0.6) is 0 Å². The number of ether oxygens (including phenoxy) is 2. The second-order valence-corrected chi connectivity index (χ2v) is 3.75. The highest BCUT2D eigenvalue weighted by atomic mass is 16.7. The molecule has 6 heteroatoms. The maximum absolute atomic E-state index is 11.7. The summed E-state index contributed by atoms with van der Waals surface area (Å²) in [6.45, 7) is 0.140. The van der Waals surface area contributed by atoms with E-state index in [9.17, 15) is 9.59 Å². The van der Waals surface area contributed by atoms with Crippen molar-refractivity contribution in [2.24, 2.45) is 0 Å². The first-order valence-electron chi connectivity index (χ1n) is 5.83. The predicted octanol–water partition coefficient (Wildman–Crippen LogP) is 0.152. The lowest BCUT2D eigenvalue weighted by molar-refractivity contribution is -0.126. The molecule has 0 spiro atoms. The first-order valence-corrected chi connectivity index (χ1v) is 5.83. The Bertz CT molecular complexity index is 404. The summed E-state index contributed by atoms with van der Waals surface area (Å²) in [6, 6.07) is 8.70. The monoisotopic (exact) mass is 266 g/mol. The van der Waals surface area contributed by atoms with Gasteiger partial charge in [-0.25, -0.2) is 0 Å². The van der Waals surface area contributed by atoms with Gasteiger partial charge in [0.2, 0.25) is 5.91 Å². The Labute approximate surface area is 112 Å². The normalized spacial score (nSPS) is 10.3. The molecule has 2 N–H and O–H groups in total. The van der Waals surface area contributed by atoms with E-state index in [-0.39, 0.29) is 24.9 Å². The smallest absolute Gasteiger partial charge is 0.251 e. The van der Waals surface area contributed by atoms with Crippen LogP contribution in [0.1, 0.15) is 10.4 Å². The molecule has 1 rings (SSSR count). The van der Waals surface area contributed by atoms with Gasteiger partial charge in [-0.1, -0.05) is 18.2 Å². The number of methoxy groups -OCH3 is 2. The van der Waals surface area contributed by atoms with Crippen LogP contribution in [0.25, 0.3) is 0 Å². The second-order valence-electron chi connectivity index (χ2n) is 3.75. The molecule has 1 aromatic carbocycles. The zero-order valence-corrected chi connectivity index (χ0v) is 11.0. The van der Waals surface area contributed by atoms with E-state index in [2.05, 4.69) is 10.6 Å². The minimum atomic E-state index is -0.492. The summed E-state index contributed by atoms with van der Waals surface area (Å²) >= 11 is 0. The number of hydrogen-bond donors (Lipinski definition) is 2. The SMILES string of the molecule is COC(CNC(=O)CNC(=O)c1ccccc1)OC. The fourth-order valence-electron chi connectivity index (χ4n) is 1.37. The maximum Gasteiger partial charge on any atom is 0.251 e. The zero-order valence-electron chi connectivity index (χ0n) is 11.0. The van der Waals surface area contributed by atoms with E-state index in [4.69, 9.17) is 9.47 Å². The molecule has 2 amide bonds. The van der Waals surface area contributed by atoms with Crippen LogP contribution in [0.4, 0.5) is 0 Å². The minimum Gasteiger partial charge on any atom is -0.354 e. The van der Waals surface area contributed by atoms with Gasteiger partial charge >= 0.3 is 0 Å². The number of benzene rings is 1. The van der Waals surface area contributed by atoms with Crippen molar-refractivity contribution in [2.75, 3.05) is 27.3 Å². The van der Waals surface area contributed by atoms with Crippen molar-refractivity contribution < 1.29 is 19.1 Å². The van der Waals surface area contributed by atoms with Crippen molar-refractivity contribution in [3.8, 4) is 0 Å². The third-order valence-corrected chi connectivity index (χ3v) is 2.44. The number of hydrogen-bond acceptors (Lipinski definition) is 4. The van der Waals surface area contributed by atoms with E-state index < -0.39 is 6.29 Å². The van der Waals surface area contributed by atoms with Crippen molar-refractivity contribution >= 4 is 11.8 Å². The molecule has 0 atom stereocenters. The average molecular weight is 266 g/mol. The van der Waals surface area contributed by atoms with Crippen LogP contribution in [0.15, 0.2) is 30.3 Å². The Hall–Kier alpha value is -1.92. The summed E-state index contributed by atoms with van der Waals surface area (Å²) in [7, 11) is 2.97. The van der Waals surface area contributed by atoms with Gasteiger partial charge in [0, 0.05) is 19.8 Å². The van der Waals surface area contributed by atoms with Gasteiger partial charge in [-0.3, -0.25) is 9.59 Å². The summed E-state index contributed by atoms with van der Waals surface area (Å²) in [5.41, 5.74) is 0.516. The Morgan fingerprint density at radius 3 is 2.32 bits per heavy atom. The van der Waals surface area contributed by atoms with E-state index in [0.29, 0.717) is 5.56 Å². The fourth-order valence-corrected chi connectivity index (χ4v) is 1.37. The van der Waals surface area contributed by atoms with Gasteiger partial charge in [0.25, 0.3) is 5.91 Å². The minimum absolute atomic E-state index is 0.0894. The first kappa shape index (κ1) is 15.1. The van der Waals surface area contributed by atoms with E-state index in [0.717, 1.165) is 0 Å². The molecule has 104 valence electrons. The van der Waals surface area contributed by atoms with Gasteiger partial charge in [-0.15, -0.1) is 0 Å². The third-order valence-electron chi connectivity index (χ3n) is 2.44. The number of amides is 2. The van der Waals surface area contributed by atoms with Crippen LogP contribution in [-0.2, 0) is 14.3 Å². The molecule has 0 fully saturated rings. The summed E-state index contributed by atoms with van der Waals surface area (Å²) in [5, 5.41) is 5.11. The van der Waals surface area contributed by atoms with Crippen molar-refractivity contribution in [1.82, 2.24) is 10.6 Å². The quantitative estimate of drug-likeness (QED) is 0.689. The van der Waals surface area contributed by atoms with Gasteiger partial charge in [-0.2, -0.15) is 0 Å². The zero-order chi connectivity index (χ0) is 14.1. The molecule has 6 nitrogen and oxygen atoms in total. The van der Waals surface area contributed by atoms with Gasteiger partial charge in [0.1, 0.15) is 0 Å². The highest BCUT2D eigenvalue weighted by Crippen LogP contribution is 1.97. The molecule has 1 aromatic rings.